The summed E-state index contributed by atoms with van der Waals surface area (Å²) >= 11 is 3.44. The smallest absolute Gasteiger partial charge is 0.183 e. The zero-order chi connectivity index (χ0) is 28.7. The third-order valence-corrected chi connectivity index (χ3v) is 9.43. The van der Waals surface area contributed by atoms with Gasteiger partial charge in [-0.25, -0.2) is 9.97 Å². The fourth-order valence-corrected chi connectivity index (χ4v) is 6.71. The number of hydrogen-bond donors (Lipinski definition) is 3. The van der Waals surface area contributed by atoms with Crippen LogP contribution in [0.1, 0.15) is 85.0 Å². The van der Waals surface area contributed by atoms with E-state index in [1.807, 2.05) is 18.5 Å². The van der Waals surface area contributed by atoms with Gasteiger partial charge in [-0.15, -0.1) is 22.7 Å². The molecule has 1 unspecified atom stereocenters. The zero-order valence-electron chi connectivity index (χ0n) is 24.8. The Kier molecular flexibility index (Phi) is 10.3. The number of aryl methyl sites for hydroxylation is 3. The Hall–Kier alpha value is -2.90. The molecule has 4 aromatic rings. The minimum Gasteiger partial charge on any atom is -0.508 e. The van der Waals surface area contributed by atoms with Crippen LogP contribution in [0.25, 0.3) is 0 Å². The molecule has 0 aliphatic rings. The van der Waals surface area contributed by atoms with Gasteiger partial charge in [0.2, 0.25) is 0 Å². The third kappa shape index (κ3) is 8.31. The van der Waals surface area contributed by atoms with Gasteiger partial charge in [0.25, 0.3) is 0 Å². The molecular formula is C33H44N4OS2. The number of hydrogen-bond acceptors (Lipinski definition) is 7. The Morgan fingerprint density at radius 1 is 0.850 bits per heavy atom. The van der Waals surface area contributed by atoms with Crippen LogP contribution in [-0.4, -0.2) is 27.7 Å². The van der Waals surface area contributed by atoms with Crippen molar-refractivity contribution in [2.75, 3.05) is 17.2 Å². The summed E-state index contributed by atoms with van der Waals surface area (Å²) in [5.41, 5.74) is 6.40. The van der Waals surface area contributed by atoms with Crippen LogP contribution in [0.2, 0.25) is 0 Å². The summed E-state index contributed by atoms with van der Waals surface area (Å²) < 4.78 is 0. The van der Waals surface area contributed by atoms with Crippen LogP contribution in [0.4, 0.5) is 10.3 Å². The number of phenols is 1. The topological polar surface area (TPSA) is 70.1 Å². The second-order valence-electron chi connectivity index (χ2n) is 11.5. The second kappa shape index (κ2) is 13.6. The number of anilines is 2. The number of nitrogens with one attached hydrogen (secondary N) is 2. The van der Waals surface area contributed by atoms with Gasteiger partial charge in [0.15, 0.2) is 10.3 Å². The monoisotopic (exact) mass is 576 g/mol. The van der Waals surface area contributed by atoms with Crippen LogP contribution in [0, 0.1) is 12.3 Å². The van der Waals surface area contributed by atoms with Crippen LogP contribution < -0.4 is 10.6 Å². The van der Waals surface area contributed by atoms with E-state index in [9.17, 15) is 5.11 Å². The molecule has 4 rings (SSSR count). The molecule has 0 saturated carbocycles. The fourth-order valence-electron chi connectivity index (χ4n) is 4.96. The predicted octanol–water partition coefficient (Wildman–Crippen LogP) is 8.64. The zero-order valence-corrected chi connectivity index (χ0v) is 26.4. The highest BCUT2D eigenvalue weighted by Crippen LogP contribution is 2.31. The van der Waals surface area contributed by atoms with Crippen molar-refractivity contribution in [2.45, 2.75) is 86.1 Å². The van der Waals surface area contributed by atoms with Gasteiger partial charge in [0.1, 0.15) is 5.75 Å². The number of aromatic nitrogens is 2. The lowest BCUT2D eigenvalue weighted by Crippen LogP contribution is -2.31. The SMILES string of the molecule is CCc1ccc(C)c(Cc2cnc(NC(CC)CC(C)(C)CNc3ncc(Cc4cc(CC)ccc4O)s3)s2)c1. The van der Waals surface area contributed by atoms with Crippen LogP contribution in [0.5, 0.6) is 5.75 Å². The molecule has 0 fully saturated rings. The molecule has 0 aliphatic heterocycles. The number of aromatic hydroxyl groups is 1. The van der Waals surface area contributed by atoms with E-state index in [1.54, 1.807) is 28.7 Å². The maximum absolute atomic E-state index is 10.3. The first-order chi connectivity index (χ1) is 19.2. The molecule has 3 N–H and O–H groups in total. The summed E-state index contributed by atoms with van der Waals surface area (Å²) in [5, 5.41) is 19.5. The number of benzene rings is 2. The molecule has 0 amide bonds. The van der Waals surface area contributed by atoms with Gasteiger partial charge in [-0.3, -0.25) is 0 Å². The summed E-state index contributed by atoms with van der Waals surface area (Å²) in [6.07, 6.45) is 9.68. The largest absolute Gasteiger partial charge is 0.508 e. The molecule has 40 heavy (non-hydrogen) atoms. The minimum absolute atomic E-state index is 0.0744. The van der Waals surface area contributed by atoms with Gasteiger partial charge >= 0.3 is 0 Å². The first-order valence-electron chi connectivity index (χ1n) is 14.5. The van der Waals surface area contributed by atoms with Gasteiger partial charge in [0.05, 0.1) is 0 Å². The number of thiazole rings is 2. The van der Waals surface area contributed by atoms with Crippen molar-refractivity contribution < 1.29 is 5.11 Å². The van der Waals surface area contributed by atoms with Gasteiger partial charge in [0, 0.05) is 47.6 Å². The molecule has 1 atom stereocenters. The molecule has 5 nitrogen and oxygen atoms in total. The van der Waals surface area contributed by atoms with Crippen molar-refractivity contribution in [3.05, 3.63) is 86.4 Å². The highest BCUT2D eigenvalue weighted by molar-refractivity contribution is 7.15. The normalized spacial score (nSPS) is 12.4. The number of phenolic OH excluding ortho intramolecular Hbond substituents is 1. The van der Waals surface area contributed by atoms with Crippen molar-refractivity contribution in [3.63, 3.8) is 0 Å². The molecule has 0 radical (unpaired) electrons. The highest BCUT2D eigenvalue weighted by atomic mass is 32.1. The van der Waals surface area contributed by atoms with Crippen molar-refractivity contribution in [3.8, 4) is 5.75 Å². The van der Waals surface area contributed by atoms with Crippen molar-refractivity contribution in [1.29, 1.82) is 0 Å². The van der Waals surface area contributed by atoms with Crippen molar-refractivity contribution >= 4 is 32.9 Å². The van der Waals surface area contributed by atoms with E-state index in [4.69, 9.17) is 4.98 Å². The van der Waals surface area contributed by atoms with E-state index in [1.165, 1.54) is 27.1 Å². The molecule has 0 bridgehead atoms. The second-order valence-corrected chi connectivity index (χ2v) is 13.7. The van der Waals surface area contributed by atoms with Gasteiger partial charge in [-0.05, 0) is 71.9 Å². The first kappa shape index (κ1) is 30.1. The quantitative estimate of drug-likeness (QED) is 0.140. The van der Waals surface area contributed by atoms with E-state index < -0.39 is 0 Å². The lowest BCUT2D eigenvalue weighted by molar-refractivity contribution is 0.330. The van der Waals surface area contributed by atoms with Gasteiger partial charge < -0.3 is 15.7 Å². The lowest BCUT2D eigenvalue weighted by Gasteiger charge is -2.30. The summed E-state index contributed by atoms with van der Waals surface area (Å²) in [4.78, 5) is 11.8. The van der Waals surface area contributed by atoms with Crippen molar-refractivity contribution in [2.24, 2.45) is 5.41 Å². The Morgan fingerprint density at radius 2 is 1.45 bits per heavy atom. The van der Waals surface area contributed by atoms with Gasteiger partial charge in [-0.1, -0.05) is 65.0 Å². The van der Waals surface area contributed by atoms with E-state index in [-0.39, 0.29) is 5.41 Å². The minimum atomic E-state index is 0.0744. The predicted molar refractivity (Wildman–Crippen MR) is 172 cm³/mol. The Balaban J connectivity index is 1.30. The maximum Gasteiger partial charge on any atom is 0.183 e. The van der Waals surface area contributed by atoms with Crippen molar-refractivity contribution in [1.82, 2.24) is 9.97 Å². The number of nitrogens with zero attached hydrogens (tertiary/aromatic N) is 2. The maximum atomic E-state index is 10.3. The molecule has 2 heterocycles. The first-order valence-corrected chi connectivity index (χ1v) is 16.1. The fraction of sp³-hybridized carbons (Fsp3) is 0.455. The lowest BCUT2D eigenvalue weighted by atomic mass is 9.85. The Labute approximate surface area is 248 Å². The summed E-state index contributed by atoms with van der Waals surface area (Å²) in [5.74, 6) is 0.354. The van der Waals surface area contributed by atoms with Crippen LogP contribution >= 0.6 is 22.7 Å². The average Bonchev–Trinajstić information content (AvgIpc) is 3.58. The highest BCUT2D eigenvalue weighted by Gasteiger charge is 2.24. The van der Waals surface area contributed by atoms with Crippen LogP contribution in [-0.2, 0) is 25.7 Å². The molecule has 2 aromatic heterocycles. The van der Waals surface area contributed by atoms with E-state index in [0.29, 0.717) is 18.2 Å². The Morgan fingerprint density at radius 3 is 2.12 bits per heavy atom. The van der Waals surface area contributed by atoms with Crippen LogP contribution in [0.3, 0.4) is 0 Å². The molecule has 0 aliphatic carbocycles. The molecular weight excluding hydrogens is 533 g/mol. The molecule has 7 heteroatoms. The average molecular weight is 577 g/mol. The van der Waals surface area contributed by atoms with Gasteiger partial charge in [-0.2, -0.15) is 0 Å². The Bertz CT molecular complexity index is 1390. The third-order valence-electron chi connectivity index (χ3n) is 7.55. The summed E-state index contributed by atoms with van der Waals surface area (Å²) in [6.45, 7) is 14.2. The molecule has 214 valence electrons. The summed E-state index contributed by atoms with van der Waals surface area (Å²) in [6, 6.07) is 13.0. The standard InChI is InChI=1S/C33H44N4OS2/c1-7-23-11-10-22(4)25(14-23)16-28-20-35-32(40-28)37-27(9-3)18-33(5,6)21-36-31-34-19-29(39-31)17-26-15-24(8-2)12-13-30(26)38/h10-15,19-20,27,38H,7-9,16-18,21H2,1-6H3,(H,34,36)(H,35,37). The molecule has 0 spiro atoms. The molecule has 2 aromatic carbocycles. The molecule has 0 saturated heterocycles. The van der Waals surface area contributed by atoms with E-state index in [0.717, 1.165) is 59.4 Å². The number of rotatable bonds is 14. The van der Waals surface area contributed by atoms with E-state index in [2.05, 4.69) is 81.4 Å². The summed E-state index contributed by atoms with van der Waals surface area (Å²) in [7, 11) is 0. The van der Waals surface area contributed by atoms with Crippen LogP contribution in [0.15, 0.2) is 48.8 Å². The van der Waals surface area contributed by atoms with E-state index >= 15 is 0 Å².